The van der Waals surface area contributed by atoms with E-state index in [2.05, 4.69) is 19.9 Å². The quantitative estimate of drug-likeness (QED) is 0.163. The predicted molar refractivity (Wildman–Crippen MR) is 126 cm³/mol. The largest absolute Gasteiger partial charge is 0.472 e. The number of aliphatic hydroxyl groups is 2. The molecule has 3 aromatic heterocycles. The number of phosphoric acid groups is 1. The van der Waals surface area contributed by atoms with Crippen LogP contribution in [0.5, 0.6) is 0 Å². The van der Waals surface area contributed by atoms with Crippen LogP contribution in [0.2, 0.25) is 0 Å². The zero-order chi connectivity index (χ0) is 27.2. The normalized spacial score (nSPS) is 29.1. The van der Waals surface area contributed by atoms with Gasteiger partial charge in [0.15, 0.2) is 11.2 Å². The number of nitrogens with zero attached hydrogens (tertiary/aromatic N) is 5. The number of nitrogens with two attached hydrogens (primary N) is 2. The molecular formula is C19H25N8O10P. The Morgan fingerprint density at radius 1 is 1.13 bits per heavy atom. The molecule has 0 amide bonds. The van der Waals surface area contributed by atoms with Gasteiger partial charge in [-0.25, -0.2) is 14.5 Å². The fourth-order valence-corrected chi connectivity index (χ4v) is 5.31. The van der Waals surface area contributed by atoms with Gasteiger partial charge in [-0.3, -0.25) is 32.8 Å². The second-order valence-corrected chi connectivity index (χ2v) is 10.1. The van der Waals surface area contributed by atoms with Crippen molar-refractivity contribution in [2.45, 2.75) is 49.7 Å². The molecule has 0 aromatic carbocycles. The summed E-state index contributed by atoms with van der Waals surface area (Å²) in [6, 6.07) is 1.10. The fraction of sp³-hybridized carbons (Fsp3) is 0.526. The Labute approximate surface area is 212 Å². The minimum atomic E-state index is -4.74. The lowest BCUT2D eigenvalue weighted by atomic mass is 10.2. The summed E-state index contributed by atoms with van der Waals surface area (Å²) in [5.41, 5.74) is 10.2. The van der Waals surface area contributed by atoms with E-state index in [0.29, 0.717) is 0 Å². The van der Waals surface area contributed by atoms with Gasteiger partial charge in [0.2, 0.25) is 5.95 Å². The standard InChI is InChI=1S/C19H25N8O10P/c20-12-3-13(30)26(6-22-12)14-1-8(29)11(36-14)5-34-38(32,33)37-9-2-15(35-10(9)4-28)27-7-23-16-17(27)24-19(21)25-18(16)31/h3,6-11,14-15,28-29H,1-2,4-5,20H2,(H,32,33)(H3,21,24,25,31)/t8?,9?,10-,11-,14-,15-/m1/s1. The molecule has 2 aliphatic rings. The second-order valence-electron chi connectivity index (χ2n) is 8.72. The van der Waals surface area contributed by atoms with E-state index in [4.69, 9.17) is 30.0 Å². The Balaban J connectivity index is 1.23. The summed E-state index contributed by atoms with van der Waals surface area (Å²) in [7, 11) is -4.74. The van der Waals surface area contributed by atoms with Gasteiger partial charge in [0.25, 0.3) is 11.1 Å². The molecule has 38 heavy (non-hydrogen) atoms. The highest BCUT2D eigenvalue weighted by molar-refractivity contribution is 7.47. The summed E-state index contributed by atoms with van der Waals surface area (Å²) < 4.78 is 36.9. The lowest BCUT2D eigenvalue weighted by molar-refractivity contribution is -0.0566. The lowest BCUT2D eigenvalue weighted by Crippen LogP contribution is -2.29. The van der Waals surface area contributed by atoms with Crippen molar-refractivity contribution in [3.05, 3.63) is 39.4 Å². The van der Waals surface area contributed by atoms with E-state index in [-0.39, 0.29) is 35.8 Å². The Kier molecular flexibility index (Phi) is 7.05. The monoisotopic (exact) mass is 556 g/mol. The van der Waals surface area contributed by atoms with Gasteiger partial charge >= 0.3 is 7.82 Å². The maximum atomic E-state index is 12.7. The number of aromatic nitrogens is 6. The number of rotatable bonds is 8. The van der Waals surface area contributed by atoms with Crippen LogP contribution in [0.1, 0.15) is 25.3 Å². The van der Waals surface area contributed by atoms with Gasteiger partial charge in [0.05, 0.1) is 25.6 Å². The van der Waals surface area contributed by atoms with Crippen molar-refractivity contribution in [2.75, 3.05) is 24.7 Å². The van der Waals surface area contributed by atoms with Crippen LogP contribution in [-0.4, -0.2) is 81.8 Å². The minimum absolute atomic E-state index is 0.00109. The van der Waals surface area contributed by atoms with E-state index >= 15 is 0 Å². The van der Waals surface area contributed by atoms with Crippen LogP contribution >= 0.6 is 7.82 Å². The molecule has 0 bridgehead atoms. The average molecular weight is 556 g/mol. The van der Waals surface area contributed by atoms with Gasteiger partial charge in [0.1, 0.15) is 42.9 Å². The maximum absolute atomic E-state index is 12.7. The van der Waals surface area contributed by atoms with Gasteiger partial charge in [-0.2, -0.15) is 4.98 Å². The van der Waals surface area contributed by atoms with Crippen LogP contribution in [0.4, 0.5) is 11.8 Å². The molecule has 0 radical (unpaired) electrons. The van der Waals surface area contributed by atoms with Crippen LogP contribution in [0.15, 0.2) is 28.3 Å². The first-order valence-corrected chi connectivity index (χ1v) is 12.9. The number of aromatic amines is 1. The summed E-state index contributed by atoms with van der Waals surface area (Å²) in [4.78, 5) is 48.7. The Hall–Kier alpha value is -3.22. The molecule has 3 unspecified atom stereocenters. The smallest absolute Gasteiger partial charge is 0.394 e. The predicted octanol–water partition coefficient (Wildman–Crippen LogP) is -2.03. The Bertz CT molecular complexity index is 1490. The van der Waals surface area contributed by atoms with Crippen molar-refractivity contribution in [3.8, 4) is 0 Å². The maximum Gasteiger partial charge on any atom is 0.472 e. The SMILES string of the molecule is Nc1cc(=O)n([C@H]2CC(O)[C@@H](COP(=O)(O)OC3C[C@H](n4cnc5c(=O)[nH]c(N)nc54)O[C@@H]3CO)O2)cn1. The number of hydrogen-bond acceptors (Lipinski definition) is 14. The molecule has 206 valence electrons. The first-order chi connectivity index (χ1) is 18.0. The zero-order valence-electron chi connectivity index (χ0n) is 19.6. The molecule has 5 rings (SSSR count). The molecule has 2 fully saturated rings. The van der Waals surface area contributed by atoms with Crippen LogP contribution < -0.4 is 22.6 Å². The van der Waals surface area contributed by atoms with Gasteiger partial charge < -0.3 is 36.0 Å². The lowest BCUT2D eigenvalue weighted by Gasteiger charge is -2.21. The van der Waals surface area contributed by atoms with E-state index in [0.717, 1.165) is 10.6 Å². The Morgan fingerprint density at radius 2 is 1.84 bits per heavy atom. The molecule has 18 nitrogen and oxygen atoms in total. The number of nitrogen functional groups attached to an aromatic ring is 2. The highest BCUT2D eigenvalue weighted by Gasteiger charge is 2.43. The number of imidazole rings is 1. The summed E-state index contributed by atoms with van der Waals surface area (Å²) in [6.07, 6.45) is -3.61. The molecule has 7 atom stereocenters. The van der Waals surface area contributed by atoms with Crippen molar-refractivity contribution < 1.29 is 38.2 Å². The number of phosphoric ester groups is 1. The van der Waals surface area contributed by atoms with E-state index in [1.165, 1.54) is 17.2 Å². The van der Waals surface area contributed by atoms with Gasteiger partial charge in [-0.15, -0.1) is 0 Å². The molecule has 8 N–H and O–H groups in total. The molecule has 2 aliphatic heterocycles. The highest BCUT2D eigenvalue weighted by Crippen LogP contribution is 2.49. The highest BCUT2D eigenvalue weighted by atomic mass is 31.2. The number of hydrogen-bond donors (Lipinski definition) is 6. The topological polar surface area (TPSA) is 265 Å². The third-order valence-electron chi connectivity index (χ3n) is 6.16. The van der Waals surface area contributed by atoms with Crippen LogP contribution in [-0.2, 0) is 23.1 Å². The third kappa shape index (κ3) is 5.20. The van der Waals surface area contributed by atoms with Gasteiger partial charge in [0, 0.05) is 18.9 Å². The zero-order valence-corrected chi connectivity index (χ0v) is 20.5. The molecule has 0 spiro atoms. The molecule has 2 saturated heterocycles. The number of ether oxygens (including phenoxy) is 2. The second kappa shape index (κ2) is 10.2. The van der Waals surface area contributed by atoms with E-state index in [1.807, 2.05) is 0 Å². The average Bonchev–Trinajstić information content (AvgIpc) is 3.54. The summed E-state index contributed by atoms with van der Waals surface area (Å²) in [6.45, 7) is -1.10. The summed E-state index contributed by atoms with van der Waals surface area (Å²) in [5.74, 6) is -0.115. The van der Waals surface area contributed by atoms with E-state index in [1.54, 1.807) is 0 Å². The molecule has 3 aromatic rings. The number of H-pyrrole nitrogens is 1. The third-order valence-corrected chi connectivity index (χ3v) is 7.18. The number of fused-ring (bicyclic) bond motifs is 1. The fourth-order valence-electron chi connectivity index (χ4n) is 4.35. The Morgan fingerprint density at radius 3 is 2.58 bits per heavy atom. The first kappa shape index (κ1) is 26.4. The molecule has 5 heterocycles. The number of anilines is 2. The first-order valence-electron chi connectivity index (χ1n) is 11.4. The minimum Gasteiger partial charge on any atom is -0.394 e. The van der Waals surface area contributed by atoms with E-state index in [9.17, 15) is 29.3 Å². The number of aliphatic hydroxyl groups excluding tert-OH is 2. The van der Waals surface area contributed by atoms with E-state index < -0.39 is 69.0 Å². The molecule has 19 heteroatoms. The number of nitrogens with one attached hydrogen (secondary N) is 1. The van der Waals surface area contributed by atoms with Crippen molar-refractivity contribution in [1.29, 1.82) is 0 Å². The van der Waals surface area contributed by atoms with Crippen molar-refractivity contribution >= 4 is 30.8 Å². The van der Waals surface area contributed by atoms with Gasteiger partial charge in [-0.05, 0) is 0 Å². The van der Waals surface area contributed by atoms with Crippen LogP contribution in [0.3, 0.4) is 0 Å². The van der Waals surface area contributed by atoms with Crippen molar-refractivity contribution in [2.24, 2.45) is 0 Å². The van der Waals surface area contributed by atoms with Gasteiger partial charge in [-0.1, -0.05) is 0 Å². The van der Waals surface area contributed by atoms with Crippen LogP contribution in [0, 0.1) is 0 Å². The molecular weight excluding hydrogens is 531 g/mol. The van der Waals surface area contributed by atoms with Crippen molar-refractivity contribution in [1.82, 2.24) is 29.1 Å². The summed E-state index contributed by atoms with van der Waals surface area (Å²) in [5, 5.41) is 20.1. The van der Waals surface area contributed by atoms with Crippen molar-refractivity contribution in [3.63, 3.8) is 0 Å². The molecule has 0 aliphatic carbocycles. The van der Waals surface area contributed by atoms with Crippen LogP contribution in [0.25, 0.3) is 11.2 Å². The summed E-state index contributed by atoms with van der Waals surface area (Å²) >= 11 is 0. The molecule has 0 saturated carbocycles.